The molecule has 1 aliphatic rings. The van der Waals surface area contributed by atoms with Gasteiger partial charge in [-0.15, -0.1) is 0 Å². The first-order valence-corrected chi connectivity index (χ1v) is 9.54. The van der Waals surface area contributed by atoms with Crippen LogP contribution < -0.4 is 10.6 Å². The first-order valence-electron chi connectivity index (χ1n) is 9.54. The van der Waals surface area contributed by atoms with Gasteiger partial charge in [0.1, 0.15) is 17.3 Å². The Labute approximate surface area is 180 Å². The number of nitrogens with one attached hydrogen (secondary N) is 2. The van der Waals surface area contributed by atoms with E-state index >= 15 is 0 Å². The Bertz CT molecular complexity index is 1120. The van der Waals surface area contributed by atoms with Crippen molar-refractivity contribution in [2.24, 2.45) is 7.05 Å². The van der Waals surface area contributed by atoms with Gasteiger partial charge in [-0.3, -0.25) is 9.48 Å². The van der Waals surface area contributed by atoms with Crippen LogP contribution >= 0.6 is 0 Å². The summed E-state index contributed by atoms with van der Waals surface area (Å²) in [7, 11) is 1.72. The van der Waals surface area contributed by atoms with Gasteiger partial charge in [-0.2, -0.15) is 18.3 Å². The van der Waals surface area contributed by atoms with Gasteiger partial charge in [-0.05, 0) is 31.2 Å². The van der Waals surface area contributed by atoms with Crippen LogP contribution in [0.4, 0.5) is 30.5 Å². The lowest BCUT2D eigenvalue weighted by Crippen LogP contribution is -2.28. The van der Waals surface area contributed by atoms with E-state index in [1.807, 2.05) is 0 Å². The van der Waals surface area contributed by atoms with Crippen molar-refractivity contribution in [2.75, 3.05) is 23.8 Å². The molecule has 0 aromatic carbocycles. The predicted octanol–water partition coefficient (Wildman–Crippen LogP) is 3.44. The Kier molecular flexibility index (Phi) is 5.57. The summed E-state index contributed by atoms with van der Waals surface area (Å²) in [6.07, 6.45) is -0.860. The SMILES string of the molecule is Cn1ncc(NC(=O)c2ccnc(Nc3ccc(C(F)(F)F)cn3)c2)c1C1(C)OCCO1. The number of amides is 1. The normalized spacial score (nSPS) is 15.5. The summed E-state index contributed by atoms with van der Waals surface area (Å²) < 4.78 is 51.0. The van der Waals surface area contributed by atoms with Crippen LogP contribution in [0, 0.1) is 0 Å². The Morgan fingerprint density at radius 1 is 1.12 bits per heavy atom. The quantitative estimate of drug-likeness (QED) is 0.616. The maximum absolute atomic E-state index is 12.8. The lowest BCUT2D eigenvalue weighted by Gasteiger charge is -2.24. The van der Waals surface area contributed by atoms with Crippen LogP contribution in [0.1, 0.15) is 28.5 Å². The van der Waals surface area contributed by atoms with Crippen LogP contribution in [0.25, 0.3) is 0 Å². The number of halogens is 3. The Balaban J connectivity index is 1.50. The van der Waals surface area contributed by atoms with Crippen LogP contribution in [0.3, 0.4) is 0 Å². The molecule has 0 aliphatic carbocycles. The molecular formula is C20H19F3N6O3. The highest BCUT2D eigenvalue weighted by atomic mass is 19.4. The molecule has 0 atom stereocenters. The Morgan fingerprint density at radius 3 is 2.53 bits per heavy atom. The molecule has 0 radical (unpaired) electrons. The fourth-order valence-corrected chi connectivity index (χ4v) is 3.32. The van der Waals surface area contributed by atoms with E-state index in [0.717, 1.165) is 12.3 Å². The molecule has 3 aromatic rings. The number of aryl methyl sites for hydroxylation is 1. The van der Waals surface area contributed by atoms with E-state index in [2.05, 4.69) is 25.7 Å². The smallest absolute Gasteiger partial charge is 0.342 e. The second-order valence-electron chi connectivity index (χ2n) is 7.11. The molecule has 0 saturated carbocycles. The van der Waals surface area contributed by atoms with Crippen LogP contribution in [-0.4, -0.2) is 38.9 Å². The van der Waals surface area contributed by atoms with Gasteiger partial charge < -0.3 is 20.1 Å². The first kappa shape index (κ1) is 21.7. The number of rotatable bonds is 5. The Hall–Kier alpha value is -3.51. The van der Waals surface area contributed by atoms with Crippen molar-refractivity contribution in [2.45, 2.75) is 18.9 Å². The number of carbonyl (C=O) groups is 1. The van der Waals surface area contributed by atoms with E-state index in [1.165, 1.54) is 30.6 Å². The van der Waals surface area contributed by atoms with E-state index in [0.29, 0.717) is 24.6 Å². The summed E-state index contributed by atoms with van der Waals surface area (Å²) in [6, 6.07) is 5.04. The van der Waals surface area contributed by atoms with Gasteiger partial charge in [0, 0.05) is 25.0 Å². The zero-order valence-corrected chi connectivity index (χ0v) is 17.1. The summed E-state index contributed by atoms with van der Waals surface area (Å²) in [5, 5.41) is 9.75. The van der Waals surface area contributed by atoms with Crippen LogP contribution in [-0.2, 0) is 28.5 Å². The average molecular weight is 448 g/mol. The van der Waals surface area contributed by atoms with Gasteiger partial charge in [-0.25, -0.2) is 9.97 Å². The highest BCUT2D eigenvalue weighted by molar-refractivity contribution is 6.05. The number of ether oxygens (including phenoxy) is 2. The number of hydrogen-bond acceptors (Lipinski definition) is 7. The van der Waals surface area contributed by atoms with Crippen molar-refractivity contribution in [1.82, 2.24) is 19.7 Å². The standard InChI is InChI=1S/C20H19F3N6O3/c1-19(31-7-8-32-19)17-14(11-26-29(17)2)27-18(30)12-5-6-24-16(9-12)28-15-4-3-13(10-25-15)20(21,22)23/h3-6,9-11H,7-8H2,1-2H3,(H,27,30)(H,24,25,28). The third-order valence-electron chi connectivity index (χ3n) is 4.82. The molecule has 168 valence electrons. The molecule has 0 bridgehead atoms. The van der Waals surface area contributed by atoms with E-state index in [-0.39, 0.29) is 17.2 Å². The molecular weight excluding hydrogens is 429 g/mol. The summed E-state index contributed by atoms with van der Waals surface area (Å²) >= 11 is 0. The van der Waals surface area contributed by atoms with Gasteiger partial charge in [0.2, 0.25) is 5.79 Å². The van der Waals surface area contributed by atoms with Gasteiger partial charge >= 0.3 is 6.18 Å². The predicted molar refractivity (Wildman–Crippen MR) is 107 cm³/mol. The maximum atomic E-state index is 12.8. The number of pyridine rings is 2. The van der Waals surface area contributed by atoms with Crippen molar-refractivity contribution in [3.8, 4) is 0 Å². The molecule has 1 aliphatic heterocycles. The minimum Gasteiger partial charge on any atom is -0.342 e. The summed E-state index contributed by atoms with van der Waals surface area (Å²) in [5.74, 6) is -1.08. The van der Waals surface area contributed by atoms with Crippen LogP contribution in [0.5, 0.6) is 0 Å². The van der Waals surface area contributed by atoms with Crippen LogP contribution in [0.15, 0.2) is 42.9 Å². The average Bonchev–Trinajstić information content (AvgIpc) is 3.34. The van der Waals surface area contributed by atoms with Crippen molar-refractivity contribution >= 4 is 23.2 Å². The number of anilines is 3. The lowest BCUT2D eigenvalue weighted by molar-refractivity contribution is -0.154. The highest BCUT2D eigenvalue weighted by Crippen LogP contribution is 2.35. The summed E-state index contributed by atoms with van der Waals surface area (Å²) in [5.41, 5.74) is 0.394. The highest BCUT2D eigenvalue weighted by Gasteiger charge is 2.39. The number of aromatic nitrogens is 4. The van der Waals surface area contributed by atoms with E-state index < -0.39 is 23.4 Å². The lowest BCUT2D eigenvalue weighted by atomic mass is 10.1. The van der Waals surface area contributed by atoms with E-state index in [1.54, 1.807) is 18.7 Å². The Morgan fingerprint density at radius 2 is 1.88 bits per heavy atom. The van der Waals surface area contributed by atoms with Crippen molar-refractivity contribution in [3.05, 3.63) is 59.7 Å². The molecule has 1 fully saturated rings. The number of alkyl halides is 3. The van der Waals surface area contributed by atoms with Gasteiger partial charge in [0.05, 0.1) is 30.7 Å². The molecule has 32 heavy (non-hydrogen) atoms. The largest absolute Gasteiger partial charge is 0.417 e. The minimum absolute atomic E-state index is 0.154. The van der Waals surface area contributed by atoms with Crippen molar-refractivity contribution < 1.29 is 27.4 Å². The molecule has 9 nitrogen and oxygen atoms in total. The zero-order chi connectivity index (χ0) is 22.9. The number of carbonyl (C=O) groups excluding carboxylic acids is 1. The molecule has 1 saturated heterocycles. The topological polar surface area (TPSA) is 103 Å². The molecule has 4 heterocycles. The second-order valence-corrected chi connectivity index (χ2v) is 7.11. The molecule has 4 rings (SSSR count). The van der Waals surface area contributed by atoms with E-state index in [4.69, 9.17) is 9.47 Å². The fraction of sp³-hybridized carbons (Fsp3) is 0.300. The number of hydrogen-bond donors (Lipinski definition) is 2. The van der Waals surface area contributed by atoms with Gasteiger partial charge in [-0.1, -0.05) is 0 Å². The molecule has 12 heteroatoms. The van der Waals surface area contributed by atoms with E-state index in [9.17, 15) is 18.0 Å². The molecule has 1 amide bonds. The van der Waals surface area contributed by atoms with Gasteiger partial charge in [0.15, 0.2) is 0 Å². The first-order chi connectivity index (χ1) is 15.2. The van der Waals surface area contributed by atoms with Crippen molar-refractivity contribution in [3.63, 3.8) is 0 Å². The maximum Gasteiger partial charge on any atom is 0.417 e. The van der Waals surface area contributed by atoms with Gasteiger partial charge in [0.25, 0.3) is 5.91 Å². The zero-order valence-electron chi connectivity index (χ0n) is 17.1. The summed E-state index contributed by atoms with van der Waals surface area (Å²) in [6.45, 7) is 2.59. The third kappa shape index (κ3) is 4.41. The van der Waals surface area contributed by atoms with Crippen molar-refractivity contribution in [1.29, 1.82) is 0 Å². The minimum atomic E-state index is -4.47. The molecule has 2 N–H and O–H groups in total. The van der Waals surface area contributed by atoms with Crippen LogP contribution in [0.2, 0.25) is 0 Å². The fourth-order valence-electron chi connectivity index (χ4n) is 3.32. The summed E-state index contributed by atoms with van der Waals surface area (Å²) in [4.78, 5) is 20.6. The number of nitrogens with zero attached hydrogens (tertiary/aromatic N) is 4. The third-order valence-corrected chi connectivity index (χ3v) is 4.82. The second kappa shape index (κ2) is 8.20. The molecule has 0 unspecified atom stereocenters. The molecule has 0 spiro atoms. The monoisotopic (exact) mass is 448 g/mol. The molecule has 3 aromatic heterocycles.